The molecule has 0 amide bonds. The smallest absolute Gasteiger partial charge is 0.338 e. The maximum absolute atomic E-state index is 11.9. The molecule has 1 N–H and O–H groups in total. The van der Waals surface area contributed by atoms with Crippen LogP contribution in [0.4, 0.5) is 11.4 Å². The first-order valence-electron chi connectivity index (χ1n) is 7.38. The largest absolute Gasteiger partial charge is 0.458 e. The van der Waals surface area contributed by atoms with Gasteiger partial charge in [0.05, 0.1) is 16.1 Å². The average Bonchev–Trinajstić information content (AvgIpc) is 2.64. The van der Waals surface area contributed by atoms with Crippen molar-refractivity contribution in [1.29, 1.82) is 0 Å². The quantitative estimate of drug-likeness (QED) is 0.356. The fraction of sp³-hybridized carbons (Fsp3) is 0.176. The predicted octanol–water partition coefficient (Wildman–Crippen LogP) is 2.65. The molecule has 25 heavy (non-hydrogen) atoms. The molecule has 0 saturated carbocycles. The molecule has 2 aromatic carbocycles. The third-order valence-corrected chi connectivity index (χ3v) is 3.26. The molecule has 0 aliphatic heterocycles. The summed E-state index contributed by atoms with van der Waals surface area (Å²) in [6.07, 6.45) is 0. The zero-order valence-corrected chi connectivity index (χ0v) is 13.4. The molecule has 2 rings (SSSR count). The van der Waals surface area contributed by atoms with E-state index in [1.165, 1.54) is 12.1 Å². The van der Waals surface area contributed by atoms with Gasteiger partial charge in [0, 0.05) is 13.1 Å². The van der Waals surface area contributed by atoms with Gasteiger partial charge < -0.3 is 14.8 Å². The molecule has 0 heterocycles. The summed E-state index contributed by atoms with van der Waals surface area (Å²) in [6, 6.07) is 12.4. The van der Waals surface area contributed by atoms with Gasteiger partial charge in [-0.25, -0.2) is 9.59 Å². The van der Waals surface area contributed by atoms with E-state index in [1.54, 1.807) is 37.4 Å². The lowest BCUT2D eigenvalue weighted by Gasteiger charge is -2.07. The topological polar surface area (TPSA) is 108 Å². The summed E-state index contributed by atoms with van der Waals surface area (Å²) in [6.45, 7) is -0.269. The van der Waals surface area contributed by atoms with Gasteiger partial charge in [-0.1, -0.05) is 18.2 Å². The van der Waals surface area contributed by atoms with Crippen LogP contribution in [0.1, 0.15) is 20.7 Å². The molecule has 0 aliphatic carbocycles. The molecule has 0 spiro atoms. The molecule has 0 aliphatic rings. The van der Waals surface area contributed by atoms with Crippen molar-refractivity contribution in [3.8, 4) is 0 Å². The highest BCUT2D eigenvalue weighted by Gasteiger charge is 2.17. The second-order valence-electron chi connectivity index (χ2n) is 4.88. The Morgan fingerprint density at radius 2 is 1.60 bits per heavy atom. The maximum atomic E-state index is 11.9. The van der Waals surface area contributed by atoms with Gasteiger partial charge in [-0.05, 0) is 24.3 Å². The Labute approximate surface area is 143 Å². The van der Waals surface area contributed by atoms with Crippen LogP contribution in [0, 0.1) is 10.1 Å². The van der Waals surface area contributed by atoms with Gasteiger partial charge in [-0.2, -0.15) is 0 Å². The number of benzene rings is 2. The third-order valence-electron chi connectivity index (χ3n) is 3.26. The molecule has 0 unspecified atom stereocenters. The molecule has 8 nitrogen and oxygen atoms in total. The lowest BCUT2D eigenvalue weighted by molar-refractivity contribution is -0.384. The molecule has 0 aromatic heterocycles. The lowest BCUT2D eigenvalue weighted by Crippen LogP contribution is -2.14. The van der Waals surface area contributed by atoms with Crippen LogP contribution in [0.2, 0.25) is 0 Å². The summed E-state index contributed by atoms with van der Waals surface area (Å²) in [5.41, 5.74) is 0.498. The van der Waals surface area contributed by atoms with Gasteiger partial charge in [0.2, 0.25) is 0 Å². The second kappa shape index (κ2) is 8.44. The first kappa shape index (κ1) is 17.9. The standard InChI is InChI=1S/C17H16N2O6/c1-18-14-8-7-13(11-15(14)19(22)23)17(21)25-10-9-24-16(20)12-5-3-2-4-6-12/h2-8,11,18H,9-10H2,1H3. The van der Waals surface area contributed by atoms with E-state index >= 15 is 0 Å². The Morgan fingerprint density at radius 1 is 1.00 bits per heavy atom. The van der Waals surface area contributed by atoms with Crippen LogP contribution >= 0.6 is 0 Å². The number of nitro benzene ring substituents is 1. The molecular formula is C17H16N2O6. The Morgan fingerprint density at radius 3 is 2.16 bits per heavy atom. The van der Waals surface area contributed by atoms with Crippen molar-refractivity contribution in [2.24, 2.45) is 0 Å². The molecule has 130 valence electrons. The van der Waals surface area contributed by atoms with E-state index in [4.69, 9.17) is 9.47 Å². The zero-order valence-electron chi connectivity index (χ0n) is 13.4. The Bertz CT molecular complexity index is 776. The highest BCUT2D eigenvalue weighted by molar-refractivity contribution is 5.91. The van der Waals surface area contributed by atoms with Crippen LogP contribution < -0.4 is 5.32 Å². The van der Waals surface area contributed by atoms with E-state index < -0.39 is 16.9 Å². The minimum atomic E-state index is -0.735. The van der Waals surface area contributed by atoms with E-state index in [1.807, 2.05) is 0 Å². The predicted molar refractivity (Wildman–Crippen MR) is 89.7 cm³/mol. The fourth-order valence-electron chi connectivity index (χ4n) is 2.03. The molecule has 0 atom stereocenters. The Balaban J connectivity index is 1.87. The summed E-state index contributed by atoms with van der Waals surface area (Å²) >= 11 is 0. The lowest BCUT2D eigenvalue weighted by atomic mass is 10.1. The molecule has 0 bridgehead atoms. The van der Waals surface area contributed by atoms with Gasteiger partial charge >= 0.3 is 11.9 Å². The van der Waals surface area contributed by atoms with Gasteiger partial charge in [0.1, 0.15) is 18.9 Å². The SMILES string of the molecule is CNc1ccc(C(=O)OCCOC(=O)c2ccccc2)cc1[N+](=O)[O-]. The molecule has 0 fully saturated rings. The summed E-state index contributed by atoms with van der Waals surface area (Å²) in [5.74, 6) is -1.26. The number of ether oxygens (including phenoxy) is 2. The van der Waals surface area contributed by atoms with Crippen molar-refractivity contribution >= 4 is 23.3 Å². The molecular weight excluding hydrogens is 328 g/mol. The van der Waals surface area contributed by atoms with Crippen LogP contribution in [0.3, 0.4) is 0 Å². The highest BCUT2D eigenvalue weighted by atomic mass is 16.6. The van der Waals surface area contributed by atoms with Gasteiger partial charge in [-0.3, -0.25) is 10.1 Å². The van der Waals surface area contributed by atoms with E-state index in [-0.39, 0.29) is 24.5 Å². The summed E-state index contributed by atoms with van der Waals surface area (Å²) in [7, 11) is 1.54. The third kappa shape index (κ3) is 4.77. The van der Waals surface area contributed by atoms with Crippen molar-refractivity contribution in [2.45, 2.75) is 0 Å². The number of anilines is 1. The highest BCUT2D eigenvalue weighted by Crippen LogP contribution is 2.25. The minimum absolute atomic E-state index is 0.0417. The van der Waals surface area contributed by atoms with E-state index in [0.717, 1.165) is 6.07 Å². The van der Waals surface area contributed by atoms with E-state index in [2.05, 4.69) is 5.32 Å². The number of nitro groups is 1. The molecule has 0 saturated heterocycles. The number of rotatable bonds is 7. The number of nitrogens with zero attached hydrogens (tertiary/aromatic N) is 1. The number of hydrogen-bond acceptors (Lipinski definition) is 7. The number of esters is 2. The molecule has 8 heteroatoms. The number of hydrogen-bond donors (Lipinski definition) is 1. The zero-order chi connectivity index (χ0) is 18.2. The fourth-order valence-corrected chi connectivity index (χ4v) is 2.03. The monoisotopic (exact) mass is 344 g/mol. The molecule has 0 radical (unpaired) electrons. The first-order valence-corrected chi connectivity index (χ1v) is 7.38. The summed E-state index contributed by atoms with van der Waals surface area (Å²) in [5, 5.41) is 13.7. The van der Waals surface area contributed by atoms with Crippen LogP contribution in [0.15, 0.2) is 48.5 Å². The van der Waals surface area contributed by atoms with Crippen molar-refractivity contribution < 1.29 is 24.0 Å². The van der Waals surface area contributed by atoms with Crippen LogP contribution in [-0.4, -0.2) is 37.1 Å². The van der Waals surface area contributed by atoms with Crippen LogP contribution in [0.25, 0.3) is 0 Å². The van der Waals surface area contributed by atoms with Crippen LogP contribution in [-0.2, 0) is 9.47 Å². The van der Waals surface area contributed by atoms with Crippen LogP contribution in [0.5, 0.6) is 0 Å². The number of carbonyl (C=O) groups is 2. The van der Waals surface area contributed by atoms with Crippen molar-refractivity contribution in [2.75, 3.05) is 25.6 Å². The van der Waals surface area contributed by atoms with Gasteiger partial charge in [-0.15, -0.1) is 0 Å². The summed E-state index contributed by atoms with van der Waals surface area (Å²) < 4.78 is 9.94. The maximum Gasteiger partial charge on any atom is 0.338 e. The van der Waals surface area contributed by atoms with Crippen molar-refractivity contribution in [3.63, 3.8) is 0 Å². The normalized spacial score (nSPS) is 9.96. The van der Waals surface area contributed by atoms with E-state index in [9.17, 15) is 19.7 Å². The van der Waals surface area contributed by atoms with Gasteiger partial charge in [0.25, 0.3) is 5.69 Å². The molecule has 2 aromatic rings. The van der Waals surface area contributed by atoms with Crippen molar-refractivity contribution in [3.05, 3.63) is 69.8 Å². The van der Waals surface area contributed by atoms with E-state index in [0.29, 0.717) is 11.3 Å². The Hall–Kier alpha value is -3.42. The van der Waals surface area contributed by atoms with Gasteiger partial charge in [0.15, 0.2) is 0 Å². The van der Waals surface area contributed by atoms with Crippen molar-refractivity contribution in [1.82, 2.24) is 0 Å². The Kier molecular flexibility index (Phi) is 6.05. The summed E-state index contributed by atoms with van der Waals surface area (Å²) in [4.78, 5) is 34.0. The number of nitrogens with one attached hydrogen (secondary N) is 1. The average molecular weight is 344 g/mol. The minimum Gasteiger partial charge on any atom is -0.458 e. The first-order chi connectivity index (χ1) is 12.0. The second-order valence-corrected chi connectivity index (χ2v) is 4.88. The number of carbonyl (C=O) groups excluding carboxylic acids is 2.